The quantitative estimate of drug-likeness (QED) is 0.144. The number of aromatic nitrogens is 2. The number of allylic oxidation sites excluding steroid dienone is 6. The van der Waals surface area contributed by atoms with Crippen LogP contribution in [0.25, 0.3) is 27.8 Å². The molecule has 7 aromatic rings. The van der Waals surface area contributed by atoms with Gasteiger partial charge in [0, 0.05) is 24.3 Å². The molecule has 0 atom stereocenters. The Kier molecular flexibility index (Phi) is 14.6. The average molecular weight is 863 g/mol. The third kappa shape index (κ3) is 9.84. The molecule has 0 unspecified atom stereocenters. The van der Waals surface area contributed by atoms with Crippen LogP contribution < -0.4 is 0 Å². The number of hydrogen-bond acceptors (Lipinski definition) is 0. The highest BCUT2D eigenvalue weighted by atomic mass is 14.9. The van der Waals surface area contributed by atoms with Crippen molar-refractivity contribution in [3.05, 3.63) is 201 Å². The Balaban J connectivity index is 0.000000135. The number of rotatable bonds is 0. The molecule has 0 saturated heterocycles. The molecule has 2 nitrogen and oxygen atoms in total. The summed E-state index contributed by atoms with van der Waals surface area (Å²) in [5.74, 6) is 0. The van der Waals surface area contributed by atoms with Gasteiger partial charge >= 0.3 is 0 Å². The number of pyridine rings is 2. The minimum absolute atomic E-state index is 1.16. The topological polar surface area (TPSA) is 8.82 Å². The van der Waals surface area contributed by atoms with Gasteiger partial charge in [-0.05, 0) is 281 Å². The maximum atomic E-state index is 2.32. The van der Waals surface area contributed by atoms with Gasteiger partial charge in [0.2, 0.25) is 0 Å². The van der Waals surface area contributed by atoms with E-state index in [0.29, 0.717) is 0 Å². The monoisotopic (exact) mass is 863 g/mol. The van der Waals surface area contributed by atoms with Gasteiger partial charge in [0.15, 0.2) is 0 Å². The lowest BCUT2D eigenvalue weighted by molar-refractivity contribution is 1.08. The molecule has 0 N–H and O–H groups in total. The van der Waals surface area contributed by atoms with Crippen LogP contribution in [0, 0.1) is 96.9 Å². The van der Waals surface area contributed by atoms with Gasteiger partial charge in [0.05, 0.1) is 11.0 Å². The van der Waals surface area contributed by atoms with Crippen LogP contribution in [0.15, 0.2) is 89.9 Å². The van der Waals surface area contributed by atoms with Crippen LogP contribution in [0.2, 0.25) is 0 Å². The minimum atomic E-state index is 1.16. The zero-order valence-corrected chi connectivity index (χ0v) is 43.9. The summed E-state index contributed by atoms with van der Waals surface area (Å²) < 4.78 is 4.51. The van der Waals surface area contributed by atoms with E-state index in [2.05, 4.69) is 220 Å². The van der Waals surface area contributed by atoms with E-state index in [1.165, 1.54) is 150 Å². The summed E-state index contributed by atoms with van der Waals surface area (Å²) in [5.41, 5.74) is 40.4. The summed E-state index contributed by atoms with van der Waals surface area (Å²) >= 11 is 0. The van der Waals surface area contributed by atoms with Gasteiger partial charge in [-0.25, -0.2) is 0 Å². The third-order valence-corrected chi connectivity index (χ3v) is 15.1. The highest BCUT2D eigenvalue weighted by Crippen LogP contribution is 2.38. The van der Waals surface area contributed by atoms with E-state index in [1.807, 2.05) is 0 Å². The van der Waals surface area contributed by atoms with Crippen LogP contribution in [0.4, 0.5) is 0 Å². The predicted molar refractivity (Wildman–Crippen MR) is 286 cm³/mol. The summed E-state index contributed by atoms with van der Waals surface area (Å²) in [6, 6.07) is 20.2. The molecule has 0 saturated carbocycles. The lowest BCUT2D eigenvalue weighted by Crippen LogP contribution is -1.91. The van der Waals surface area contributed by atoms with Crippen LogP contribution in [-0.4, -0.2) is 8.80 Å². The fourth-order valence-corrected chi connectivity index (χ4v) is 10.7. The molecule has 4 heterocycles. The second kappa shape index (κ2) is 19.5. The van der Waals surface area contributed by atoms with Crippen molar-refractivity contribution in [2.45, 2.75) is 158 Å². The van der Waals surface area contributed by atoms with Crippen molar-refractivity contribution in [3.63, 3.8) is 0 Å². The first-order valence-corrected chi connectivity index (χ1v) is 23.9. The second-order valence-corrected chi connectivity index (χ2v) is 20.2. The molecule has 340 valence electrons. The zero-order valence-electron chi connectivity index (χ0n) is 43.9. The zero-order chi connectivity index (χ0) is 47.9. The van der Waals surface area contributed by atoms with Gasteiger partial charge in [0.25, 0.3) is 0 Å². The largest absolute Gasteiger partial charge is 0.323 e. The molecule has 10 rings (SSSR count). The Morgan fingerprint density at radius 2 is 0.862 bits per heavy atom. The van der Waals surface area contributed by atoms with Crippen LogP contribution >= 0.6 is 0 Å². The predicted octanol–water partition coefficient (Wildman–Crippen LogP) is 17.3. The van der Waals surface area contributed by atoms with Crippen LogP contribution in [0.3, 0.4) is 0 Å². The highest BCUT2D eigenvalue weighted by molar-refractivity contribution is 5.79. The number of aryl methyl sites for hydroxylation is 13. The van der Waals surface area contributed by atoms with E-state index in [9.17, 15) is 0 Å². The van der Waals surface area contributed by atoms with E-state index in [0.717, 1.165) is 19.3 Å². The van der Waals surface area contributed by atoms with Gasteiger partial charge in [-0.1, -0.05) is 70.8 Å². The first-order chi connectivity index (χ1) is 30.5. The standard InChI is InChI=1S/3C13H16.2C12H15N/c1-8-5-10(3)13-11(4)9(2)7-12(13)6-8;1-8-5-6-12-7-9(2)11(4)13(12)10(8)3;1-8-5-6-9(2)13-11(4)10(3)7-12(8)13;1-8-5-9(2)12-11(4)10(3)7-13(12)6-8;1-8-5-6-10(3)13-7-9(2)11(4)12(8)13/h3*5-6H,7H2,1-4H3;2*5-7H,1-4H3. The number of hydrogen-bond donors (Lipinski definition) is 0. The molecule has 3 aliphatic carbocycles. The average Bonchev–Trinajstić information content (AvgIpc) is 3.99. The lowest BCUT2D eigenvalue weighted by atomic mass is 9.97. The summed E-state index contributed by atoms with van der Waals surface area (Å²) in [7, 11) is 0. The Morgan fingerprint density at radius 1 is 0.338 bits per heavy atom. The maximum Gasteiger partial charge on any atom is 0.0513 e. The van der Waals surface area contributed by atoms with E-state index in [4.69, 9.17) is 0 Å². The van der Waals surface area contributed by atoms with Gasteiger partial charge in [-0.15, -0.1) is 0 Å². The first kappa shape index (κ1) is 48.8. The molecule has 0 radical (unpaired) electrons. The SMILES string of the molecule is CC1=C(C)c2c(C)cc(C)cc2C1.CC1=C(C)c2c(C)ccc(C)c2C1.CC1=C(C)c2c(ccc(C)c2C)C1.Cc1cc(C)c2c(C)c(C)cn2c1.Cc1cn2c(C)ccc(C)c2c1C. The fourth-order valence-electron chi connectivity index (χ4n) is 10.7. The van der Waals surface area contributed by atoms with Crippen molar-refractivity contribution in [3.8, 4) is 0 Å². The Bertz CT molecular complexity index is 3080. The Hall–Kier alpha value is -5.60. The molecule has 0 fully saturated rings. The molecule has 65 heavy (non-hydrogen) atoms. The van der Waals surface area contributed by atoms with Gasteiger partial charge in [-0.3, -0.25) is 0 Å². The minimum Gasteiger partial charge on any atom is -0.323 e. The van der Waals surface area contributed by atoms with Crippen molar-refractivity contribution in [2.75, 3.05) is 0 Å². The van der Waals surface area contributed by atoms with Crippen LogP contribution in [-0.2, 0) is 19.3 Å². The summed E-state index contributed by atoms with van der Waals surface area (Å²) in [5, 5.41) is 0. The molecular formula is C63H78N2. The summed E-state index contributed by atoms with van der Waals surface area (Å²) in [4.78, 5) is 0. The maximum absolute atomic E-state index is 2.32. The van der Waals surface area contributed by atoms with Crippen LogP contribution in [0.5, 0.6) is 0 Å². The van der Waals surface area contributed by atoms with E-state index in [1.54, 1.807) is 5.56 Å². The molecule has 4 aromatic heterocycles. The highest BCUT2D eigenvalue weighted by Gasteiger charge is 2.20. The smallest absolute Gasteiger partial charge is 0.0513 e. The molecule has 3 aliphatic rings. The van der Waals surface area contributed by atoms with Gasteiger partial charge in [0.1, 0.15) is 0 Å². The van der Waals surface area contributed by atoms with E-state index in [-0.39, 0.29) is 0 Å². The summed E-state index contributed by atoms with van der Waals surface area (Å²) in [6.07, 6.45) is 10.1. The van der Waals surface area contributed by atoms with E-state index >= 15 is 0 Å². The molecule has 0 spiro atoms. The van der Waals surface area contributed by atoms with Gasteiger partial charge < -0.3 is 8.80 Å². The Morgan fingerprint density at radius 3 is 1.51 bits per heavy atom. The number of fused-ring (bicyclic) bond motifs is 5. The van der Waals surface area contributed by atoms with Crippen molar-refractivity contribution in [1.82, 2.24) is 8.80 Å². The second-order valence-electron chi connectivity index (χ2n) is 20.2. The van der Waals surface area contributed by atoms with Crippen molar-refractivity contribution in [1.29, 1.82) is 0 Å². The number of benzene rings is 3. The van der Waals surface area contributed by atoms with Gasteiger partial charge in [-0.2, -0.15) is 0 Å². The molecule has 0 amide bonds. The number of nitrogens with zero attached hydrogens (tertiary/aromatic N) is 2. The molecule has 2 heteroatoms. The van der Waals surface area contributed by atoms with Crippen molar-refractivity contribution in [2.24, 2.45) is 0 Å². The molecule has 0 bridgehead atoms. The van der Waals surface area contributed by atoms with E-state index < -0.39 is 0 Å². The normalized spacial score (nSPS) is 13.5. The molecule has 0 aliphatic heterocycles. The summed E-state index contributed by atoms with van der Waals surface area (Å²) in [6.45, 7) is 44.0. The Labute approximate surface area is 393 Å². The van der Waals surface area contributed by atoms with Crippen molar-refractivity contribution < 1.29 is 0 Å². The fraction of sp³-hybridized carbons (Fsp3) is 0.365. The molecule has 3 aromatic carbocycles. The lowest BCUT2D eigenvalue weighted by Gasteiger charge is -2.08. The van der Waals surface area contributed by atoms with Crippen LogP contribution in [0.1, 0.15) is 153 Å². The molecular weight excluding hydrogens is 785 g/mol. The van der Waals surface area contributed by atoms with Crippen molar-refractivity contribution >= 4 is 27.8 Å². The third-order valence-electron chi connectivity index (χ3n) is 15.1. The first-order valence-electron chi connectivity index (χ1n) is 23.9.